The van der Waals surface area contributed by atoms with E-state index >= 15 is 0 Å². The predicted octanol–water partition coefficient (Wildman–Crippen LogP) is -0.699. The van der Waals surface area contributed by atoms with Gasteiger partial charge in [0, 0.05) is 5.56 Å². The molecule has 0 saturated carbocycles. The lowest BCUT2D eigenvalue weighted by Gasteiger charge is -2.36. The van der Waals surface area contributed by atoms with Crippen LogP contribution in [-0.2, 0) is 19.1 Å². The first kappa shape index (κ1) is 15.6. The van der Waals surface area contributed by atoms with Crippen LogP contribution in [0.25, 0.3) is 0 Å². The molecule has 1 aromatic rings. The molecular weight excluding hydrogens is 292 g/mol. The molecule has 2 amide bonds. The average molecular weight is 306 g/mol. The number of aliphatic carboxylic acids is 1. The number of amides is 2. The van der Waals surface area contributed by atoms with E-state index in [0.717, 1.165) is 0 Å². The molecule has 0 spiro atoms. The van der Waals surface area contributed by atoms with Crippen molar-refractivity contribution in [2.75, 3.05) is 6.61 Å². The summed E-state index contributed by atoms with van der Waals surface area (Å²) in [7, 11) is 0. The van der Waals surface area contributed by atoms with Crippen molar-refractivity contribution in [3.05, 3.63) is 35.9 Å². The highest BCUT2D eigenvalue weighted by atomic mass is 16.5. The first-order valence-corrected chi connectivity index (χ1v) is 6.49. The lowest BCUT2D eigenvalue weighted by molar-refractivity contribution is -0.152. The second kappa shape index (κ2) is 6.81. The number of ether oxygens (including phenoxy) is 1. The fraction of sp³-hybridized carbons (Fsp3) is 0.286. The summed E-state index contributed by atoms with van der Waals surface area (Å²) < 4.78 is 5.10. The zero-order chi connectivity index (χ0) is 16.1. The highest BCUT2D eigenvalue weighted by Gasteiger charge is 2.41. The Morgan fingerprint density at radius 2 is 1.91 bits per heavy atom. The number of hydrogen-bond acceptors (Lipinski definition) is 5. The molecule has 0 bridgehead atoms. The summed E-state index contributed by atoms with van der Waals surface area (Å²) in [5, 5.41) is 13.3. The highest BCUT2D eigenvalue weighted by Crippen LogP contribution is 2.10. The van der Waals surface area contributed by atoms with Gasteiger partial charge in [0.05, 0.1) is 0 Å². The van der Waals surface area contributed by atoms with Crippen molar-refractivity contribution in [1.82, 2.24) is 10.6 Å². The van der Waals surface area contributed by atoms with Crippen LogP contribution in [0, 0.1) is 0 Å². The number of carbonyl (C=O) groups excluding carboxylic acids is 3. The van der Waals surface area contributed by atoms with Crippen molar-refractivity contribution in [2.24, 2.45) is 0 Å². The number of rotatable bonds is 7. The Morgan fingerprint density at radius 1 is 1.23 bits per heavy atom. The van der Waals surface area contributed by atoms with Gasteiger partial charge < -0.3 is 20.5 Å². The van der Waals surface area contributed by atoms with Crippen LogP contribution in [0.4, 0.5) is 0 Å². The molecule has 8 nitrogen and oxygen atoms in total. The molecular formula is C14H14N2O6. The van der Waals surface area contributed by atoms with Gasteiger partial charge in [-0.2, -0.15) is 0 Å². The fourth-order valence-corrected chi connectivity index (χ4v) is 1.85. The van der Waals surface area contributed by atoms with E-state index < -0.39 is 48.9 Å². The van der Waals surface area contributed by atoms with Gasteiger partial charge in [0.15, 0.2) is 18.1 Å². The van der Waals surface area contributed by atoms with Crippen LogP contribution in [0.5, 0.6) is 0 Å². The molecule has 0 aliphatic carbocycles. The summed E-state index contributed by atoms with van der Waals surface area (Å²) in [5.74, 6) is -2.74. The van der Waals surface area contributed by atoms with Crippen molar-refractivity contribution in [1.29, 1.82) is 0 Å². The molecule has 1 aliphatic rings. The number of carboxylic acids is 1. The van der Waals surface area contributed by atoms with Gasteiger partial charge in [0.2, 0.25) is 5.91 Å². The molecule has 8 heteroatoms. The van der Waals surface area contributed by atoms with E-state index in [1.54, 1.807) is 30.3 Å². The van der Waals surface area contributed by atoms with Gasteiger partial charge in [0.1, 0.15) is 13.0 Å². The maximum atomic E-state index is 11.9. The lowest BCUT2D eigenvalue weighted by Crippen LogP contribution is -2.70. The molecule has 1 saturated heterocycles. The molecule has 0 unspecified atom stereocenters. The lowest BCUT2D eigenvalue weighted by atomic mass is 10.1. The number of carbonyl (C=O) groups is 4. The van der Waals surface area contributed by atoms with Crippen LogP contribution in [0.3, 0.4) is 0 Å². The van der Waals surface area contributed by atoms with Gasteiger partial charge in [0.25, 0.3) is 5.91 Å². The minimum atomic E-state index is -1.25. The minimum absolute atomic E-state index is 0.392. The Balaban J connectivity index is 1.85. The average Bonchev–Trinajstić information content (AvgIpc) is 2.48. The van der Waals surface area contributed by atoms with Gasteiger partial charge in [-0.3, -0.25) is 19.2 Å². The molecule has 0 radical (unpaired) electrons. The highest BCUT2D eigenvalue weighted by molar-refractivity contribution is 5.99. The first-order chi connectivity index (χ1) is 10.5. The predicted molar refractivity (Wildman–Crippen MR) is 72.8 cm³/mol. The summed E-state index contributed by atoms with van der Waals surface area (Å²) in [5.41, 5.74) is 0.392. The summed E-state index contributed by atoms with van der Waals surface area (Å²) in [6.07, 6.45) is -1.50. The Hall–Kier alpha value is -2.74. The molecule has 2 rings (SSSR count). The third-order valence-electron chi connectivity index (χ3n) is 2.96. The molecule has 22 heavy (non-hydrogen) atoms. The van der Waals surface area contributed by atoms with Crippen molar-refractivity contribution in [3.63, 3.8) is 0 Å². The first-order valence-electron chi connectivity index (χ1n) is 6.49. The van der Waals surface area contributed by atoms with E-state index in [2.05, 4.69) is 10.6 Å². The van der Waals surface area contributed by atoms with Gasteiger partial charge >= 0.3 is 5.97 Å². The maximum Gasteiger partial charge on any atom is 0.310 e. The third kappa shape index (κ3) is 3.89. The number of hydrogen-bond donors (Lipinski definition) is 3. The van der Waals surface area contributed by atoms with Crippen LogP contribution < -0.4 is 10.6 Å². The molecule has 1 aromatic carbocycles. The van der Waals surface area contributed by atoms with E-state index in [9.17, 15) is 19.2 Å². The number of β-lactam (4-membered cyclic amide) rings is 1. The summed E-state index contributed by atoms with van der Waals surface area (Å²) in [6.45, 7) is -0.449. The van der Waals surface area contributed by atoms with Gasteiger partial charge in [-0.1, -0.05) is 18.2 Å². The largest absolute Gasteiger partial charge is 0.481 e. The molecule has 1 fully saturated rings. The number of ketones is 1. The van der Waals surface area contributed by atoms with E-state index in [1.807, 2.05) is 0 Å². The molecule has 116 valence electrons. The SMILES string of the molecule is O=C(O)CC(=O)CO[C@H]1NC(=O)[C@@H]1NC(=O)c1ccccc1. The van der Waals surface area contributed by atoms with E-state index in [-0.39, 0.29) is 0 Å². The Labute approximate surface area is 125 Å². The van der Waals surface area contributed by atoms with E-state index in [0.29, 0.717) is 5.56 Å². The van der Waals surface area contributed by atoms with E-state index in [4.69, 9.17) is 9.84 Å². The molecule has 1 heterocycles. The Morgan fingerprint density at radius 3 is 2.50 bits per heavy atom. The quantitative estimate of drug-likeness (QED) is 0.452. The Kier molecular flexibility index (Phi) is 4.84. The zero-order valence-electron chi connectivity index (χ0n) is 11.4. The van der Waals surface area contributed by atoms with Crippen molar-refractivity contribution >= 4 is 23.6 Å². The topological polar surface area (TPSA) is 122 Å². The van der Waals surface area contributed by atoms with Crippen LogP contribution in [0.2, 0.25) is 0 Å². The normalized spacial score (nSPS) is 19.7. The van der Waals surface area contributed by atoms with Crippen molar-refractivity contribution in [2.45, 2.75) is 18.7 Å². The van der Waals surface area contributed by atoms with Crippen LogP contribution in [-0.4, -0.2) is 47.6 Å². The van der Waals surface area contributed by atoms with Crippen molar-refractivity contribution < 1.29 is 29.0 Å². The number of carboxylic acid groups (broad SMARTS) is 1. The van der Waals surface area contributed by atoms with Gasteiger partial charge in [-0.25, -0.2) is 0 Å². The molecule has 1 aliphatic heterocycles. The summed E-state index contributed by atoms with van der Waals surface area (Å²) in [6, 6.07) is 7.41. The van der Waals surface area contributed by atoms with Crippen LogP contribution in [0.15, 0.2) is 30.3 Å². The number of benzene rings is 1. The minimum Gasteiger partial charge on any atom is -0.481 e. The van der Waals surface area contributed by atoms with Gasteiger partial charge in [-0.15, -0.1) is 0 Å². The second-order valence-electron chi connectivity index (χ2n) is 4.67. The second-order valence-corrected chi connectivity index (χ2v) is 4.67. The maximum absolute atomic E-state index is 11.9. The molecule has 0 aromatic heterocycles. The van der Waals surface area contributed by atoms with Gasteiger partial charge in [-0.05, 0) is 12.1 Å². The molecule has 3 N–H and O–H groups in total. The third-order valence-corrected chi connectivity index (χ3v) is 2.96. The van der Waals surface area contributed by atoms with Crippen molar-refractivity contribution in [3.8, 4) is 0 Å². The number of nitrogens with one attached hydrogen (secondary N) is 2. The summed E-state index contributed by atoms with van der Waals surface area (Å²) in [4.78, 5) is 45.0. The van der Waals surface area contributed by atoms with Crippen LogP contribution >= 0.6 is 0 Å². The van der Waals surface area contributed by atoms with E-state index in [1.165, 1.54) is 0 Å². The molecule has 2 atom stereocenters. The zero-order valence-corrected chi connectivity index (χ0v) is 11.4. The standard InChI is InChI=1S/C14H14N2O6/c17-9(6-10(18)19)7-22-14-11(13(21)16-14)15-12(20)8-4-2-1-3-5-8/h1-5,11,14H,6-7H2,(H,15,20)(H,16,21)(H,18,19)/t11-,14+/m0/s1. The van der Waals surface area contributed by atoms with Crippen LogP contribution in [0.1, 0.15) is 16.8 Å². The Bertz CT molecular complexity index is 601. The fourth-order valence-electron chi connectivity index (χ4n) is 1.85. The smallest absolute Gasteiger partial charge is 0.310 e. The summed E-state index contributed by atoms with van der Waals surface area (Å²) >= 11 is 0. The monoisotopic (exact) mass is 306 g/mol. The number of Topliss-reactive ketones (excluding diaryl/α,β-unsaturated/α-hetero) is 1.